The standard InChI is InChI=1S/C13H16ClN3O/c1-3-4-10(2)17-13(18)16(9-15-17)12-7-5-11(14)6-8-12/h5-10H,3-4H2,1-2H3. The lowest BCUT2D eigenvalue weighted by Crippen LogP contribution is -2.26. The summed E-state index contributed by atoms with van der Waals surface area (Å²) < 4.78 is 3.06. The molecule has 1 aromatic heterocycles. The molecule has 18 heavy (non-hydrogen) atoms. The number of nitrogens with zero attached hydrogens (tertiary/aromatic N) is 3. The van der Waals surface area contributed by atoms with Gasteiger partial charge in [0.15, 0.2) is 0 Å². The molecule has 1 unspecified atom stereocenters. The first-order valence-electron chi connectivity index (χ1n) is 6.05. The Hall–Kier alpha value is -1.55. The third-order valence-electron chi connectivity index (χ3n) is 2.92. The van der Waals surface area contributed by atoms with Crippen LogP contribution in [-0.4, -0.2) is 14.3 Å². The first-order chi connectivity index (χ1) is 8.63. The highest BCUT2D eigenvalue weighted by Gasteiger charge is 2.11. The van der Waals surface area contributed by atoms with Gasteiger partial charge in [0.05, 0.1) is 11.7 Å². The minimum atomic E-state index is -0.113. The lowest BCUT2D eigenvalue weighted by atomic mass is 10.2. The van der Waals surface area contributed by atoms with Crippen LogP contribution in [0.5, 0.6) is 0 Å². The number of benzene rings is 1. The van der Waals surface area contributed by atoms with E-state index in [1.807, 2.05) is 6.92 Å². The van der Waals surface area contributed by atoms with Gasteiger partial charge in [0.25, 0.3) is 0 Å². The molecule has 4 nitrogen and oxygen atoms in total. The molecule has 5 heteroatoms. The first kappa shape index (κ1) is 12.9. The summed E-state index contributed by atoms with van der Waals surface area (Å²) in [6.45, 7) is 4.10. The van der Waals surface area contributed by atoms with Gasteiger partial charge in [-0.1, -0.05) is 24.9 Å². The molecule has 1 aromatic carbocycles. The van der Waals surface area contributed by atoms with E-state index in [0.29, 0.717) is 5.02 Å². The van der Waals surface area contributed by atoms with E-state index in [9.17, 15) is 4.79 Å². The van der Waals surface area contributed by atoms with Crippen LogP contribution < -0.4 is 5.69 Å². The molecule has 0 bridgehead atoms. The molecule has 2 rings (SSSR count). The minimum Gasteiger partial charge on any atom is -0.250 e. The van der Waals surface area contributed by atoms with Gasteiger partial charge in [-0.3, -0.25) is 0 Å². The van der Waals surface area contributed by atoms with E-state index < -0.39 is 0 Å². The van der Waals surface area contributed by atoms with Gasteiger partial charge in [-0.2, -0.15) is 5.10 Å². The van der Waals surface area contributed by atoms with Gasteiger partial charge in [-0.15, -0.1) is 0 Å². The number of hydrogen-bond donors (Lipinski definition) is 0. The summed E-state index contributed by atoms with van der Waals surface area (Å²) in [5.74, 6) is 0. The highest BCUT2D eigenvalue weighted by atomic mass is 35.5. The molecule has 1 heterocycles. The Morgan fingerprint density at radius 3 is 2.61 bits per heavy atom. The summed E-state index contributed by atoms with van der Waals surface area (Å²) in [6, 6.07) is 7.25. The molecular formula is C13H16ClN3O. The second kappa shape index (κ2) is 5.40. The maximum atomic E-state index is 12.2. The van der Waals surface area contributed by atoms with Crippen LogP contribution in [0.3, 0.4) is 0 Å². The molecule has 0 saturated heterocycles. The first-order valence-corrected chi connectivity index (χ1v) is 6.43. The van der Waals surface area contributed by atoms with Crippen LogP contribution in [-0.2, 0) is 0 Å². The maximum absolute atomic E-state index is 12.2. The quantitative estimate of drug-likeness (QED) is 0.852. The monoisotopic (exact) mass is 265 g/mol. The second-order valence-electron chi connectivity index (χ2n) is 4.34. The zero-order chi connectivity index (χ0) is 13.1. The van der Waals surface area contributed by atoms with Gasteiger partial charge in [0.1, 0.15) is 6.33 Å². The smallest absolute Gasteiger partial charge is 0.250 e. The van der Waals surface area contributed by atoms with Crippen molar-refractivity contribution in [2.45, 2.75) is 32.7 Å². The molecule has 2 aromatic rings. The fraction of sp³-hybridized carbons (Fsp3) is 0.385. The molecule has 96 valence electrons. The van der Waals surface area contributed by atoms with Crippen LogP contribution in [0.1, 0.15) is 32.7 Å². The minimum absolute atomic E-state index is 0.113. The predicted octanol–water partition coefficient (Wildman–Crippen LogP) is 3.05. The van der Waals surface area contributed by atoms with Crippen molar-refractivity contribution >= 4 is 11.6 Å². The van der Waals surface area contributed by atoms with E-state index in [4.69, 9.17) is 11.6 Å². The molecule has 0 aliphatic carbocycles. The molecule has 0 amide bonds. The van der Waals surface area contributed by atoms with Crippen molar-refractivity contribution in [3.8, 4) is 5.69 Å². The molecule has 0 N–H and O–H groups in total. The van der Waals surface area contributed by atoms with Crippen molar-refractivity contribution in [2.24, 2.45) is 0 Å². The van der Waals surface area contributed by atoms with Crippen LogP contribution in [0.25, 0.3) is 5.69 Å². The number of halogens is 1. The Morgan fingerprint density at radius 1 is 1.33 bits per heavy atom. The van der Waals surface area contributed by atoms with Gasteiger partial charge < -0.3 is 0 Å². The van der Waals surface area contributed by atoms with Crippen molar-refractivity contribution in [1.29, 1.82) is 0 Å². The van der Waals surface area contributed by atoms with Crippen LogP contribution in [0.2, 0.25) is 5.02 Å². The summed E-state index contributed by atoms with van der Waals surface area (Å²) in [4.78, 5) is 12.2. The Balaban J connectivity index is 2.36. The molecule has 0 saturated carbocycles. The highest BCUT2D eigenvalue weighted by Crippen LogP contribution is 2.13. The second-order valence-corrected chi connectivity index (χ2v) is 4.78. The van der Waals surface area contributed by atoms with Crippen LogP contribution in [0.15, 0.2) is 35.4 Å². The maximum Gasteiger partial charge on any atom is 0.350 e. The van der Waals surface area contributed by atoms with Gasteiger partial charge in [0.2, 0.25) is 0 Å². The number of hydrogen-bond acceptors (Lipinski definition) is 2. The molecule has 0 radical (unpaired) electrons. The average molecular weight is 266 g/mol. The highest BCUT2D eigenvalue weighted by molar-refractivity contribution is 6.30. The average Bonchev–Trinajstić information content (AvgIpc) is 2.73. The Kier molecular flexibility index (Phi) is 3.87. The van der Waals surface area contributed by atoms with Gasteiger partial charge in [-0.25, -0.2) is 14.0 Å². The molecule has 0 spiro atoms. The third-order valence-corrected chi connectivity index (χ3v) is 3.17. The normalized spacial score (nSPS) is 12.6. The predicted molar refractivity (Wildman–Crippen MR) is 72.5 cm³/mol. The summed E-state index contributed by atoms with van der Waals surface area (Å²) in [7, 11) is 0. The lowest BCUT2D eigenvalue weighted by molar-refractivity contribution is 0.440. The van der Waals surface area contributed by atoms with Crippen LogP contribution >= 0.6 is 11.6 Å². The lowest BCUT2D eigenvalue weighted by Gasteiger charge is -2.08. The van der Waals surface area contributed by atoms with E-state index in [1.54, 1.807) is 30.6 Å². The zero-order valence-electron chi connectivity index (χ0n) is 10.5. The molecule has 0 aliphatic heterocycles. The van der Waals surface area contributed by atoms with Crippen LogP contribution in [0, 0.1) is 0 Å². The van der Waals surface area contributed by atoms with Gasteiger partial charge >= 0.3 is 5.69 Å². The van der Waals surface area contributed by atoms with E-state index in [1.165, 1.54) is 9.25 Å². The van der Waals surface area contributed by atoms with Crippen molar-refractivity contribution in [2.75, 3.05) is 0 Å². The number of rotatable bonds is 4. The van der Waals surface area contributed by atoms with Gasteiger partial charge in [-0.05, 0) is 37.6 Å². The van der Waals surface area contributed by atoms with Crippen molar-refractivity contribution in [3.05, 3.63) is 46.1 Å². The largest absolute Gasteiger partial charge is 0.350 e. The van der Waals surface area contributed by atoms with E-state index in [0.717, 1.165) is 18.5 Å². The molecule has 1 atom stereocenters. The Morgan fingerprint density at radius 2 is 2.00 bits per heavy atom. The summed E-state index contributed by atoms with van der Waals surface area (Å²) in [5.41, 5.74) is 0.664. The van der Waals surface area contributed by atoms with E-state index in [2.05, 4.69) is 12.0 Å². The molecule has 0 aliphatic rings. The van der Waals surface area contributed by atoms with Crippen molar-refractivity contribution < 1.29 is 0 Å². The molecule has 0 fully saturated rings. The summed E-state index contributed by atoms with van der Waals surface area (Å²) in [5, 5.41) is 4.82. The Labute approximate surface area is 111 Å². The third kappa shape index (κ3) is 2.48. The van der Waals surface area contributed by atoms with Crippen molar-refractivity contribution in [1.82, 2.24) is 14.3 Å². The Bertz CT molecular complexity index is 571. The summed E-state index contributed by atoms with van der Waals surface area (Å²) >= 11 is 5.83. The SMILES string of the molecule is CCCC(C)n1ncn(-c2ccc(Cl)cc2)c1=O. The fourth-order valence-electron chi connectivity index (χ4n) is 1.94. The molecular weight excluding hydrogens is 250 g/mol. The zero-order valence-corrected chi connectivity index (χ0v) is 11.3. The van der Waals surface area contributed by atoms with Gasteiger partial charge in [0, 0.05) is 5.02 Å². The fourth-order valence-corrected chi connectivity index (χ4v) is 2.06. The van der Waals surface area contributed by atoms with Crippen molar-refractivity contribution in [3.63, 3.8) is 0 Å². The summed E-state index contributed by atoms with van der Waals surface area (Å²) in [6.07, 6.45) is 3.52. The number of aromatic nitrogens is 3. The van der Waals surface area contributed by atoms with Crippen LogP contribution in [0.4, 0.5) is 0 Å². The van der Waals surface area contributed by atoms with E-state index >= 15 is 0 Å². The topological polar surface area (TPSA) is 39.8 Å². The van der Waals surface area contributed by atoms with E-state index in [-0.39, 0.29) is 11.7 Å².